The van der Waals surface area contributed by atoms with Crippen LogP contribution in [0.15, 0.2) is 66.9 Å². The predicted molar refractivity (Wildman–Crippen MR) is 98.5 cm³/mol. The Morgan fingerprint density at radius 1 is 0.923 bits per heavy atom. The molecule has 0 spiro atoms. The quantitative estimate of drug-likeness (QED) is 0.696. The van der Waals surface area contributed by atoms with E-state index in [9.17, 15) is 9.59 Å². The second-order valence-electron chi connectivity index (χ2n) is 5.78. The molecule has 6 heteroatoms. The van der Waals surface area contributed by atoms with E-state index in [0.29, 0.717) is 24.1 Å². The Morgan fingerprint density at radius 3 is 2.19 bits per heavy atom. The van der Waals surface area contributed by atoms with Crippen LogP contribution in [0.4, 0.5) is 0 Å². The smallest absolute Gasteiger partial charge is 0.267 e. The minimum atomic E-state index is -0.384. The van der Waals surface area contributed by atoms with Crippen LogP contribution in [-0.2, 0) is 13.0 Å². The molecule has 132 valence electrons. The standard InChI is InChI=1S/C20H20N4O2/c1-2-18-17(13-21-24(18)14-15-9-5-3-6-10-15)20(26)23-22-19(25)16-11-7-4-8-12-16/h3-13H,2,14H2,1H3,(H,22,25)(H,23,26). The van der Waals surface area contributed by atoms with Crippen molar-refractivity contribution in [2.75, 3.05) is 0 Å². The molecular weight excluding hydrogens is 328 g/mol. The first kappa shape index (κ1) is 17.4. The molecule has 0 saturated carbocycles. The van der Waals surface area contributed by atoms with E-state index in [1.54, 1.807) is 24.3 Å². The molecule has 0 unspecified atom stereocenters. The molecule has 0 radical (unpaired) electrons. The topological polar surface area (TPSA) is 76.0 Å². The summed E-state index contributed by atoms with van der Waals surface area (Å²) in [6.07, 6.45) is 2.19. The molecule has 0 aliphatic rings. The van der Waals surface area contributed by atoms with E-state index in [1.807, 2.05) is 48.0 Å². The number of hydrogen-bond acceptors (Lipinski definition) is 3. The summed E-state index contributed by atoms with van der Waals surface area (Å²) in [6, 6.07) is 18.6. The predicted octanol–water partition coefficient (Wildman–Crippen LogP) is 2.57. The lowest BCUT2D eigenvalue weighted by molar-refractivity contribution is 0.0846. The third-order valence-corrected chi connectivity index (χ3v) is 4.03. The van der Waals surface area contributed by atoms with Crippen LogP contribution in [-0.4, -0.2) is 21.6 Å². The number of hydrogen-bond donors (Lipinski definition) is 2. The Kier molecular flexibility index (Phi) is 5.43. The maximum atomic E-state index is 12.4. The van der Waals surface area contributed by atoms with Gasteiger partial charge in [0.05, 0.1) is 24.0 Å². The highest BCUT2D eigenvalue weighted by Crippen LogP contribution is 2.12. The van der Waals surface area contributed by atoms with E-state index in [1.165, 1.54) is 6.20 Å². The van der Waals surface area contributed by atoms with E-state index < -0.39 is 0 Å². The highest BCUT2D eigenvalue weighted by Gasteiger charge is 2.17. The van der Waals surface area contributed by atoms with Crippen LogP contribution in [0.2, 0.25) is 0 Å². The van der Waals surface area contributed by atoms with Crippen molar-refractivity contribution in [1.29, 1.82) is 0 Å². The maximum Gasteiger partial charge on any atom is 0.273 e. The maximum absolute atomic E-state index is 12.4. The summed E-state index contributed by atoms with van der Waals surface area (Å²) in [4.78, 5) is 24.5. The fraction of sp³-hybridized carbons (Fsp3) is 0.150. The van der Waals surface area contributed by atoms with Crippen molar-refractivity contribution in [3.05, 3.63) is 89.2 Å². The Balaban J connectivity index is 1.68. The van der Waals surface area contributed by atoms with Crippen molar-refractivity contribution in [2.45, 2.75) is 19.9 Å². The molecule has 2 aromatic carbocycles. The van der Waals surface area contributed by atoms with Gasteiger partial charge in [-0.15, -0.1) is 0 Å². The third kappa shape index (κ3) is 3.97. The van der Waals surface area contributed by atoms with Crippen molar-refractivity contribution in [3.63, 3.8) is 0 Å². The van der Waals surface area contributed by atoms with E-state index in [2.05, 4.69) is 16.0 Å². The summed E-state index contributed by atoms with van der Waals surface area (Å²) in [5.74, 6) is -0.751. The minimum absolute atomic E-state index is 0.367. The summed E-state index contributed by atoms with van der Waals surface area (Å²) in [7, 11) is 0. The van der Waals surface area contributed by atoms with Crippen LogP contribution < -0.4 is 10.9 Å². The summed E-state index contributed by atoms with van der Waals surface area (Å²) in [5, 5.41) is 4.33. The number of hydrazine groups is 1. The monoisotopic (exact) mass is 348 g/mol. The normalized spacial score (nSPS) is 10.3. The number of nitrogens with zero attached hydrogens (tertiary/aromatic N) is 2. The molecule has 1 heterocycles. The number of aromatic nitrogens is 2. The average molecular weight is 348 g/mol. The van der Waals surface area contributed by atoms with Gasteiger partial charge < -0.3 is 0 Å². The summed E-state index contributed by atoms with van der Waals surface area (Å²) in [5.41, 5.74) is 7.75. The van der Waals surface area contributed by atoms with Gasteiger partial charge in [0.15, 0.2) is 0 Å². The van der Waals surface area contributed by atoms with Crippen molar-refractivity contribution < 1.29 is 9.59 Å². The Labute approximate surface area is 151 Å². The number of carbonyl (C=O) groups excluding carboxylic acids is 2. The van der Waals surface area contributed by atoms with Gasteiger partial charge in [-0.25, -0.2) is 0 Å². The molecular formula is C20H20N4O2. The molecule has 26 heavy (non-hydrogen) atoms. The van der Waals surface area contributed by atoms with Crippen molar-refractivity contribution in [3.8, 4) is 0 Å². The summed E-state index contributed by atoms with van der Waals surface area (Å²) >= 11 is 0. The van der Waals surface area contributed by atoms with Crippen molar-refractivity contribution in [1.82, 2.24) is 20.6 Å². The van der Waals surface area contributed by atoms with E-state index in [4.69, 9.17) is 0 Å². The molecule has 3 rings (SSSR count). The number of benzene rings is 2. The van der Waals surface area contributed by atoms with Gasteiger partial charge in [-0.1, -0.05) is 55.5 Å². The van der Waals surface area contributed by atoms with Gasteiger partial charge in [-0.2, -0.15) is 5.10 Å². The Hall–Kier alpha value is -3.41. The van der Waals surface area contributed by atoms with Crippen LogP contribution in [0.25, 0.3) is 0 Å². The van der Waals surface area contributed by atoms with Crippen LogP contribution in [0, 0.1) is 0 Å². The zero-order valence-corrected chi connectivity index (χ0v) is 14.5. The molecule has 0 bridgehead atoms. The van der Waals surface area contributed by atoms with Gasteiger partial charge >= 0.3 is 0 Å². The molecule has 1 aromatic heterocycles. The zero-order valence-electron chi connectivity index (χ0n) is 14.5. The molecule has 0 aliphatic heterocycles. The molecule has 0 aliphatic carbocycles. The molecule has 0 saturated heterocycles. The van der Waals surface area contributed by atoms with Crippen LogP contribution >= 0.6 is 0 Å². The van der Waals surface area contributed by atoms with Crippen LogP contribution in [0.1, 0.15) is 38.9 Å². The first-order valence-corrected chi connectivity index (χ1v) is 8.43. The molecule has 2 amide bonds. The molecule has 0 atom stereocenters. The molecule has 2 N–H and O–H groups in total. The number of nitrogens with one attached hydrogen (secondary N) is 2. The largest absolute Gasteiger partial charge is 0.273 e. The average Bonchev–Trinajstić information content (AvgIpc) is 3.10. The fourth-order valence-corrected chi connectivity index (χ4v) is 2.71. The molecule has 3 aromatic rings. The summed E-state index contributed by atoms with van der Waals surface area (Å²) in [6.45, 7) is 2.56. The first-order valence-electron chi connectivity index (χ1n) is 8.43. The SMILES string of the molecule is CCc1c(C(=O)NNC(=O)c2ccccc2)cnn1Cc1ccccc1. The van der Waals surface area contributed by atoms with Gasteiger partial charge in [0, 0.05) is 5.56 Å². The third-order valence-electron chi connectivity index (χ3n) is 4.03. The van der Waals surface area contributed by atoms with Crippen LogP contribution in [0.3, 0.4) is 0 Å². The first-order chi connectivity index (χ1) is 12.7. The minimum Gasteiger partial charge on any atom is -0.267 e. The van der Waals surface area contributed by atoms with Gasteiger partial charge in [0.2, 0.25) is 0 Å². The van der Waals surface area contributed by atoms with E-state index in [0.717, 1.165) is 11.3 Å². The Morgan fingerprint density at radius 2 is 1.54 bits per heavy atom. The van der Waals surface area contributed by atoms with Crippen LogP contribution in [0.5, 0.6) is 0 Å². The van der Waals surface area contributed by atoms with Crippen molar-refractivity contribution >= 4 is 11.8 Å². The van der Waals surface area contributed by atoms with Gasteiger partial charge in [0.1, 0.15) is 0 Å². The second-order valence-corrected chi connectivity index (χ2v) is 5.78. The lowest BCUT2D eigenvalue weighted by Gasteiger charge is -2.09. The van der Waals surface area contributed by atoms with E-state index >= 15 is 0 Å². The van der Waals surface area contributed by atoms with Gasteiger partial charge in [0.25, 0.3) is 11.8 Å². The second kappa shape index (κ2) is 8.11. The van der Waals surface area contributed by atoms with Gasteiger partial charge in [-0.3, -0.25) is 25.1 Å². The highest BCUT2D eigenvalue weighted by atomic mass is 16.2. The number of carbonyl (C=O) groups is 2. The van der Waals surface area contributed by atoms with Gasteiger partial charge in [-0.05, 0) is 24.1 Å². The lowest BCUT2D eigenvalue weighted by atomic mass is 10.2. The highest BCUT2D eigenvalue weighted by molar-refractivity contribution is 5.99. The zero-order chi connectivity index (χ0) is 18.4. The molecule has 0 fully saturated rings. The number of rotatable bonds is 5. The van der Waals surface area contributed by atoms with E-state index in [-0.39, 0.29) is 11.8 Å². The lowest BCUT2D eigenvalue weighted by Crippen LogP contribution is -2.41. The fourth-order valence-electron chi connectivity index (χ4n) is 2.71. The summed E-state index contributed by atoms with van der Waals surface area (Å²) < 4.78 is 1.81. The van der Waals surface area contributed by atoms with Crippen molar-refractivity contribution in [2.24, 2.45) is 0 Å². The Bertz CT molecular complexity index is 889. The number of amides is 2. The molecule has 6 nitrogen and oxygen atoms in total.